The fourth-order valence-corrected chi connectivity index (χ4v) is 9.47. The third kappa shape index (κ3) is 3.78. The van der Waals surface area contributed by atoms with Crippen molar-refractivity contribution in [2.45, 2.75) is 87.9 Å². The SMILES string of the molecule is O=C(CCl)OC1C2CC3CC1CC(C(=O)OCC(=O)OC14CC5CC(CC(O)(C5)C1)C4)(C3)C2. The van der Waals surface area contributed by atoms with Crippen molar-refractivity contribution in [1.29, 1.82) is 0 Å². The Morgan fingerprint density at radius 3 is 2.12 bits per heavy atom. The highest BCUT2D eigenvalue weighted by Gasteiger charge is 2.61. The van der Waals surface area contributed by atoms with Gasteiger partial charge in [0.05, 0.1) is 11.0 Å². The number of hydrogen-bond acceptors (Lipinski definition) is 7. The van der Waals surface area contributed by atoms with Gasteiger partial charge in [0.25, 0.3) is 0 Å². The van der Waals surface area contributed by atoms with Crippen LogP contribution in [0.3, 0.4) is 0 Å². The molecule has 0 saturated heterocycles. The molecule has 0 heterocycles. The molecule has 1 N–H and O–H groups in total. The Balaban J connectivity index is 1.07. The van der Waals surface area contributed by atoms with Crippen molar-refractivity contribution in [2.75, 3.05) is 12.5 Å². The van der Waals surface area contributed by atoms with Gasteiger partial charge in [-0.1, -0.05) is 0 Å². The highest BCUT2D eigenvalue weighted by Crippen LogP contribution is 2.61. The lowest BCUT2D eigenvalue weighted by atomic mass is 9.48. The summed E-state index contributed by atoms with van der Waals surface area (Å²) in [7, 11) is 0. The van der Waals surface area contributed by atoms with Crippen LogP contribution in [0.4, 0.5) is 0 Å². The van der Waals surface area contributed by atoms with E-state index in [1.165, 1.54) is 0 Å². The fourth-order valence-electron chi connectivity index (χ4n) is 9.40. The molecule has 4 unspecified atom stereocenters. The van der Waals surface area contributed by atoms with Gasteiger partial charge in [0.1, 0.15) is 17.6 Å². The molecule has 0 radical (unpaired) electrons. The van der Waals surface area contributed by atoms with Gasteiger partial charge in [0.2, 0.25) is 0 Å². The normalized spacial score (nSPS) is 48.5. The van der Waals surface area contributed by atoms with Gasteiger partial charge in [0.15, 0.2) is 6.61 Å². The molecule has 0 spiro atoms. The number of hydrogen-bond donors (Lipinski definition) is 1. The van der Waals surface area contributed by atoms with Crippen molar-refractivity contribution in [3.05, 3.63) is 0 Å². The van der Waals surface area contributed by atoms with Gasteiger partial charge in [-0.3, -0.25) is 9.59 Å². The molecule has 4 atom stereocenters. The quantitative estimate of drug-likeness (QED) is 0.354. The van der Waals surface area contributed by atoms with Crippen LogP contribution in [0.2, 0.25) is 0 Å². The van der Waals surface area contributed by atoms with Crippen LogP contribution in [0.5, 0.6) is 0 Å². The van der Waals surface area contributed by atoms with Crippen molar-refractivity contribution in [1.82, 2.24) is 0 Å². The molecule has 8 heteroatoms. The molecular weight excluding hydrogens is 448 g/mol. The van der Waals surface area contributed by atoms with E-state index in [9.17, 15) is 19.5 Å². The molecule has 0 aliphatic heterocycles. The van der Waals surface area contributed by atoms with E-state index in [-0.39, 0.29) is 36.4 Å². The number of esters is 3. The molecule has 182 valence electrons. The molecule has 8 aliphatic carbocycles. The summed E-state index contributed by atoms with van der Waals surface area (Å²) in [6.45, 7) is -0.374. The number of carbonyl (C=O) groups excluding carboxylic acids is 3. The molecule has 8 fully saturated rings. The van der Waals surface area contributed by atoms with Gasteiger partial charge in [-0.25, -0.2) is 4.79 Å². The zero-order valence-corrected chi connectivity index (χ0v) is 19.7. The lowest BCUT2D eigenvalue weighted by Gasteiger charge is -2.59. The highest BCUT2D eigenvalue weighted by atomic mass is 35.5. The van der Waals surface area contributed by atoms with Crippen LogP contribution in [0, 0.1) is 35.0 Å². The van der Waals surface area contributed by atoms with E-state index in [4.69, 9.17) is 25.8 Å². The van der Waals surface area contributed by atoms with E-state index in [1.54, 1.807) is 0 Å². The van der Waals surface area contributed by atoms with E-state index in [1.807, 2.05) is 0 Å². The first-order chi connectivity index (χ1) is 15.7. The van der Waals surface area contributed by atoms with Crippen LogP contribution in [0.1, 0.15) is 70.6 Å². The van der Waals surface area contributed by atoms with E-state index >= 15 is 0 Å². The largest absolute Gasteiger partial charge is 0.461 e. The average molecular weight is 481 g/mol. The minimum atomic E-state index is -0.705. The Morgan fingerprint density at radius 2 is 1.52 bits per heavy atom. The summed E-state index contributed by atoms with van der Waals surface area (Å²) in [5, 5.41) is 10.9. The van der Waals surface area contributed by atoms with Crippen LogP contribution < -0.4 is 0 Å². The average Bonchev–Trinajstić information content (AvgIpc) is 2.71. The number of halogens is 1. The first-order valence-electron chi connectivity index (χ1n) is 12.6. The van der Waals surface area contributed by atoms with E-state index in [2.05, 4.69) is 0 Å². The van der Waals surface area contributed by atoms with Gasteiger partial charge in [-0.15, -0.1) is 11.6 Å². The van der Waals surface area contributed by atoms with Crippen molar-refractivity contribution in [3.8, 4) is 0 Å². The topological polar surface area (TPSA) is 99.1 Å². The molecule has 0 aromatic heterocycles. The fraction of sp³-hybridized carbons (Fsp3) is 0.880. The minimum absolute atomic E-state index is 0.149. The van der Waals surface area contributed by atoms with Crippen LogP contribution in [0.25, 0.3) is 0 Å². The van der Waals surface area contributed by atoms with Crippen molar-refractivity contribution < 1.29 is 33.7 Å². The molecule has 0 aromatic carbocycles. The lowest BCUT2D eigenvalue weighted by Crippen LogP contribution is -2.60. The third-order valence-electron chi connectivity index (χ3n) is 9.62. The molecule has 7 nitrogen and oxygen atoms in total. The maximum absolute atomic E-state index is 13.2. The number of alkyl halides is 1. The number of aliphatic hydroxyl groups is 1. The summed E-state index contributed by atoms with van der Waals surface area (Å²) in [6.07, 6.45) is 8.66. The molecule has 33 heavy (non-hydrogen) atoms. The second-order valence-corrected chi connectivity index (χ2v) is 12.5. The van der Waals surface area contributed by atoms with E-state index in [0.717, 1.165) is 51.4 Å². The maximum atomic E-state index is 13.2. The van der Waals surface area contributed by atoms with Gasteiger partial charge >= 0.3 is 17.9 Å². The predicted octanol–water partition coefficient (Wildman–Crippen LogP) is 3.13. The molecule has 8 saturated carbocycles. The van der Waals surface area contributed by atoms with Crippen molar-refractivity contribution in [3.63, 3.8) is 0 Å². The van der Waals surface area contributed by atoms with Gasteiger partial charge in [0, 0.05) is 6.42 Å². The number of ether oxygens (including phenoxy) is 3. The number of carbonyl (C=O) groups is 3. The molecular formula is C25H33ClO7. The summed E-state index contributed by atoms with van der Waals surface area (Å²) in [5.74, 6) is 0.182. The van der Waals surface area contributed by atoms with Crippen molar-refractivity contribution >= 4 is 29.5 Å². The summed E-state index contributed by atoms with van der Waals surface area (Å²) < 4.78 is 17.1. The van der Waals surface area contributed by atoms with Gasteiger partial charge in [-0.2, -0.15) is 0 Å². The first-order valence-corrected chi connectivity index (χ1v) is 13.1. The second-order valence-electron chi connectivity index (χ2n) is 12.3. The van der Waals surface area contributed by atoms with Crippen LogP contribution in [-0.2, 0) is 28.6 Å². The maximum Gasteiger partial charge on any atom is 0.344 e. The van der Waals surface area contributed by atoms with Gasteiger partial charge < -0.3 is 19.3 Å². The molecule has 8 aliphatic rings. The zero-order chi connectivity index (χ0) is 23.0. The minimum Gasteiger partial charge on any atom is -0.461 e. The smallest absolute Gasteiger partial charge is 0.344 e. The Kier molecular flexibility index (Phi) is 5.09. The summed E-state index contributed by atoms with van der Waals surface area (Å²) in [6, 6.07) is 0. The molecule has 0 aromatic rings. The summed E-state index contributed by atoms with van der Waals surface area (Å²) >= 11 is 5.63. The van der Waals surface area contributed by atoms with Gasteiger partial charge in [-0.05, 0) is 93.8 Å². The lowest BCUT2D eigenvalue weighted by molar-refractivity contribution is -0.224. The van der Waals surface area contributed by atoms with Crippen LogP contribution in [-0.4, -0.2) is 52.8 Å². The Morgan fingerprint density at radius 1 is 0.848 bits per heavy atom. The van der Waals surface area contributed by atoms with E-state index in [0.29, 0.717) is 37.0 Å². The number of rotatable bonds is 6. The Hall–Kier alpha value is -1.34. The predicted molar refractivity (Wildman–Crippen MR) is 116 cm³/mol. The zero-order valence-electron chi connectivity index (χ0n) is 18.9. The monoisotopic (exact) mass is 480 g/mol. The Labute approximate surface area is 198 Å². The second kappa shape index (κ2) is 7.58. The first kappa shape index (κ1) is 22.1. The van der Waals surface area contributed by atoms with E-state index < -0.39 is 28.6 Å². The molecule has 8 rings (SSSR count). The standard InChI is InChI=1S/C25H33ClO7/c26-11-19(27)32-21-17-2-14-3-18(21)10-23(4-14,9-17)22(29)31-12-20(28)33-25-7-15-1-16(8-25)6-24(30,5-15)13-25/h14-18,21,30H,1-13H2. The summed E-state index contributed by atoms with van der Waals surface area (Å²) in [5.41, 5.74) is -1.89. The summed E-state index contributed by atoms with van der Waals surface area (Å²) in [4.78, 5) is 37.7. The molecule has 0 amide bonds. The van der Waals surface area contributed by atoms with Crippen molar-refractivity contribution in [2.24, 2.45) is 35.0 Å². The van der Waals surface area contributed by atoms with Crippen LogP contribution >= 0.6 is 11.6 Å². The van der Waals surface area contributed by atoms with Crippen LogP contribution in [0.15, 0.2) is 0 Å². The Bertz CT molecular complexity index is 841. The molecule has 8 bridgehead atoms. The highest BCUT2D eigenvalue weighted by molar-refractivity contribution is 6.26. The third-order valence-corrected chi connectivity index (χ3v) is 9.84.